The maximum Gasteiger partial charge on any atom is 0.262 e. The van der Waals surface area contributed by atoms with E-state index in [0.29, 0.717) is 24.2 Å². The van der Waals surface area contributed by atoms with Crippen molar-refractivity contribution >= 4 is 25.7 Å². The second-order valence-corrected chi connectivity index (χ2v) is 10.0. The Balaban J connectivity index is 2.49. The van der Waals surface area contributed by atoms with Crippen LogP contribution in [0.4, 0.5) is 5.69 Å². The Kier molecular flexibility index (Phi) is 6.34. The van der Waals surface area contributed by atoms with Gasteiger partial charge in [-0.15, -0.1) is 0 Å². The summed E-state index contributed by atoms with van der Waals surface area (Å²) >= 11 is 0. The fourth-order valence-corrected chi connectivity index (χ4v) is 5.94. The van der Waals surface area contributed by atoms with Crippen molar-refractivity contribution in [2.75, 3.05) is 17.8 Å². The first-order valence-corrected chi connectivity index (χ1v) is 11.7. The van der Waals surface area contributed by atoms with Crippen LogP contribution in [0.2, 0.25) is 0 Å². The maximum absolute atomic E-state index is 12.9. The van der Waals surface area contributed by atoms with E-state index in [4.69, 9.17) is 0 Å². The van der Waals surface area contributed by atoms with Crippen LogP contribution in [0.3, 0.4) is 0 Å². The Morgan fingerprint density at radius 1 is 0.815 bits per heavy atom. The summed E-state index contributed by atoms with van der Waals surface area (Å²) in [6, 6.07) is 9.74. The van der Waals surface area contributed by atoms with E-state index in [2.05, 4.69) is 4.72 Å². The third kappa shape index (κ3) is 4.51. The molecule has 0 heterocycles. The zero-order chi connectivity index (χ0) is 20.4. The van der Waals surface area contributed by atoms with Crippen LogP contribution in [-0.4, -0.2) is 34.2 Å². The zero-order valence-electron chi connectivity index (χ0n) is 16.3. The van der Waals surface area contributed by atoms with Crippen LogP contribution < -0.4 is 4.72 Å². The van der Waals surface area contributed by atoms with E-state index in [1.807, 2.05) is 13.0 Å². The molecule has 0 aliphatic heterocycles. The Bertz CT molecular complexity index is 1040. The van der Waals surface area contributed by atoms with Crippen LogP contribution >= 0.6 is 0 Å². The third-order valence-corrected chi connectivity index (χ3v) is 8.11. The van der Waals surface area contributed by atoms with Gasteiger partial charge in [-0.2, -0.15) is 4.31 Å². The topological polar surface area (TPSA) is 83.6 Å². The summed E-state index contributed by atoms with van der Waals surface area (Å²) in [5.74, 6) is 0. The van der Waals surface area contributed by atoms with Crippen LogP contribution in [0.25, 0.3) is 0 Å². The van der Waals surface area contributed by atoms with Crippen molar-refractivity contribution in [3.8, 4) is 0 Å². The molecule has 2 aromatic carbocycles. The predicted molar refractivity (Wildman–Crippen MR) is 108 cm³/mol. The van der Waals surface area contributed by atoms with Gasteiger partial charge in [0.2, 0.25) is 10.0 Å². The Labute approximate surface area is 162 Å². The molecule has 0 spiro atoms. The first-order valence-electron chi connectivity index (χ1n) is 8.73. The molecule has 148 valence electrons. The van der Waals surface area contributed by atoms with Crippen LogP contribution in [0.1, 0.15) is 30.5 Å². The van der Waals surface area contributed by atoms with Gasteiger partial charge in [0, 0.05) is 13.1 Å². The highest BCUT2D eigenvalue weighted by molar-refractivity contribution is 7.92. The second-order valence-electron chi connectivity index (χ2n) is 6.44. The Hall–Kier alpha value is -1.90. The fraction of sp³-hybridized carbons (Fsp3) is 0.368. The minimum absolute atomic E-state index is 0.104. The van der Waals surface area contributed by atoms with Crippen LogP contribution in [0.15, 0.2) is 46.2 Å². The number of nitrogens with one attached hydrogen (secondary N) is 1. The third-order valence-electron chi connectivity index (χ3n) is 4.40. The minimum Gasteiger partial charge on any atom is -0.280 e. The number of hydrogen-bond donors (Lipinski definition) is 1. The smallest absolute Gasteiger partial charge is 0.262 e. The van der Waals surface area contributed by atoms with Crippen molar-refractivity contribution in [1.29, 1.82) is 0 Å². The number of benzene rings is 2. The number of hydrogen-bond acceptors (Lipinski definition) is 4. The van der Waals surface area contributed by atoms with Gasteiger partial charge in [0.05, 0.1) is 15.5 Å². The molecule has 27 heavy (non-hydrogen) atoms. The maximum atomic E-state index is 12.9. The van der Waals surface area contributed by atoms with Gasteiger partial charge in [-0.3, -0.25) is 4.72 Å². The molecule has 0 saturated heterocycles. The van der Waals surface area contributed by atoms with Crippen LogP contribution in [-0.2, 0) is 20.0 Å². The van der Waals surface area contributed by atoms with E-state index in [1.165, 1.54) is 10.4 Å². The van der Waals surface area contributed by atoms with E-state index >= 15 is 0 Å². The van der Waals surface area contributed by atoms with Gasteiger partial charge in [0.1, 0.15) is 0 Å². The highest BCUT2D eigenvalue weighted by atomic mass is 32.2. The number of nitrogens with zero attached hydrogens (tertiary/aromatic N) is 1. The molecule has 0 amide bonds. The summed E-state index contributed by atoms with van der Waals surface area (Å²) in [6.07, 6.45) is 0. The molecule has 2 rings (SSSR count). The molecule has 0 aliphatic rings. The first-order chi connectivity index (χ1) is 12.5. The Morgan fingerprint density at radius 3 is 1.96 bits per heavy atom. The van der Waals surface area contributed by atoms with Crippen molar-refractivity contribution in [3.63, 3.8) is 0 Å². The van der Waals surface area contributed by atoms with Gasteiger partial charge in [-0.05, 0) is 55.7 Å². The normalized spacial score (nSPS) is 12.4. The number of rotatable bonds is 7. The predicted octanol–water partition coefficient (Wildman–Crippen LogP) is 3.44. The van der Waals surface area contributed by atoms with Gasteiger partial charge in [-0.25, -0.2) is 16.8 Å². The molecule has 0 unspecified atom stereocenters. The average Bonchev–Trinajstić information content (AvgIpc) is 2.59. The van der Waals surface area contributed by atoms with Gasteiger partial charge < -0.3 is 0 Å². The number of aryl methyl sites for hydroxylation is 3. The molecule has 2 aromatic rings. The quantitative estimate of drug-likeness (QED) is 0.758. The minimum atomic E-state index is -3.83. The summed E-state index contributed by atoms with van der Waals surface area (Å²) in [5, 5.41) is 0. The summed E-state index contributed by atoms with van der Waals surface area (Å²) in [4.78, 5) is 0.281. The molecule has 0 radical (unpaired) electrons. The molecule has 0 saturated carbocycles. The molecule has 0 atom stereocenters. The van der Waals surface area contributed by atoms with Crippen molar-refractivity contribution in [2.45, 2.75) is 44.4 Å². The molecule has 0 fully saturated rings. The highest BCUT2D eigenvalue weighted by Crippen LogP contribution is 2.26. The average molecular weight is 411 g/mol. The Morgan fingerprint density at radius 2 is 1.37 bits per heavy atom. The van der Waals surface area contributed by atoms with Crippen LogP contribution in [0, 0.1) is 20.8 Å². The highest BCUT2D eigenvalue weighted by Gasteiger charge is 2.25. The van der Waals surface area contributed by atoms with E-state index < -0.39 is 20.0 Å². The van der Waals surface area contributed by atoms with Gasteiger partial charge in [-0.1, -0.05) is 32.0 Å². The summed E-state index contributed by atoms with van der Waals surface area (Å²) in [6.45, 7) is 9.46. The molecule has 6 nitrogen and oxygen atoms in total. The lowest BCUT2D eigenvalue weighted by atomic mass is 10.2. The van der Waals surface area contributed by atoms with Gasteiger partial charge in [0.15, 0.2) is 0 Å². The molecule has 0 bridgehead atoms. The lowest BCUT2D eigenvalue weighted by Gasteiger charge is -2.20. The fourth-order valence-electron chi connectivity index (χ4n) is 2.85. The molecular weight excluding hydrogens is 384 g/mol. The molecule has 1 N–H and O–H groups in total. The summed E-state index contributed by atoms with van der Waals surface area (Å²) in [7, 11) is -7.52. The number of sulfonamides is 2. The summed E-state index contributed by atoms with van der Waals surface area (Å²) < 4.78 is 55.1. The van der Waals surface area contributed by atoms with E-state index in [-0.39, 0.29) is 15.5 Å². The van der Waals surface area contributed by atoms with E-state index in [1.54, 1.807) is 52.0 Å². The molecule has 0 aromatic heterocycles. The van der Waals surface area contributed by atoms with E-state index in [0.717, 1.165) is 5.56 Å². The molecular formula is C19H26N2O4S2. The lowest BCUT2D eigenvalue weighted by Crippen LogP contribution is -2.31. The van der Waals surface area contributed by atoms with Crippen molar-refractivity contribution in [1.82, 2.24) is 4.31 Å². The second kappa shape index (κ2) is 8.00. The van der Waals surface area contributed by atoms with Gasteiger partial charge >= 0.3 is 0 Å². The standard InChI is InChI=1S/C19H26N2O4S2/c1-6-21(7-2)27(24,25)19-13-17(11-10-16(19)5)20-26(22,23)18-12-14(3)8-9-15(18)4/h8-13,20H,6-7H2,1-5H3. The van der Waals surface area contributed by atoms with Gasteiger partial charge in [0.25, 0.3) is 10.0 Å². The monoisotopic (exact) mass is 410 g/mol. The first kappa shape index (κ1) is 21.4. The number of anilines is 1. The SMILES string of the molecule is CCN(CC)S(=O)(=O)c1cc(NS(=O)(=O)c2cc(C)ccc2C)ccc1C. The van der Waals surface area contributed by atoms with Crippen molar-refractivity contribution in [2.24, 2.45) is 0 Å². The zero-order valence-corrected chi connectivity index (χ0v) is 17.9. The molecule has 0 aliphatic carbocycles. The van der Waals surface area contributed by atoms with E-state index in [9.17, 15) is 16.8 Å². The summed E-state index contributed by atoms with van der Waals surface area (Å²) in [5.41, 5.74) is 2.23. The molecule has 8 heteroatoms. The van der Waals surface area contributed by atoms with Crippen molar-refractivity contribution < 1.29 is 16.8 Å². The van der Waals surface area contributed by atoms with Crippen molar-refractivity contribution in [3.05, 3.63) is 53.1 Å². The lowest BCUT2D eigenvalue weighted by molar-refractivity contribution is 0.445. The van der Waals surface area contributed by atoms with Crippen LogP contribution in [0.5, 0.6) is 0 Å². The largest absolute Gasteiger partial charge is 0.280 e.